The number of aliphatic hydroxyl groups is 1. The molecular formula is C16H14N2O3. The summed E-state index contributed by atoms with van der Waals surface area (Å²) in [4.78, 5) is 23.5. The third kappa shape index (κ3) is 2.78. The maximum absolute atomic E-state index is 12.2. The van der Waals surface area contributed by atoms with Crippen LogP contribution in [0.25, 0.3) is 0 Å². The zero-order chi connectivity index (χ0) is 14.8. The minimum atomic E-state index is -0.240. The fraction of sp³-hybridized carbons (Fsp3) is 0.125. The van der Waals surface area contributed by atoms with E-state index in [1.165, 1.54) is 0 Å². The van der Waals surface area contributed by atoms with Crippen LogP contribution in [-0.2, 0) is 17.8 Å². The first-order valence-corrected chi connectivity index (χ1v) is 6.59. The van der Waals surface area contributed by atoms with Gasteiger partial charge in [-0.2, -0.15) is 0 Å². The van der Waals surface area contributed by atoms with Gasteiger partial charge in [-0.25, -0.2) is 0 Å². The molecule has 0 atom stereocenters. The maximum Gasteiger partial charge on any atom is 0.255 e. The third-order valence-corrected chi connectivity index (χ3v) is 3.39. The fourth-order valence-electron chi connectivity index (χ4n) is 2.25. The molecule has 0 bridgehead atoms. The molecule has 2 aromatic carbocycles. The number of anilines is 2. The predicted octanol–water partition coefficient (Wildman–Crippen LogP) is 1.93. The molecule has 21 heavy (non-hydrogen) atoms. The van der Waals surface area contributed by atoms with Gasteiger partial charge in [0.25, 0.3) is 5.91 Å². The number of nitrogens with one attached hydrogen (secondary N) is 2. The lowest BCUT2D eigenvalue weighted by Gasteiger charge is -2.07. The number of carbonyl (C=O) groups excluding carboxylic acids is 2. The van der Waals surface area contributed by atoms with Crippen LogP contribution in [0.1, 0.15) is 21.5 Å². The van der Waals surface area contributed by atoms with Crippen LogP contribution in [0, 0.1) is 0 Å². The van der Waals surface area contributed by atoms with Gasteiger partial charge in [-0.1, -0.05) is 18.2 Å². The Morgan fingerprint density at radius 2 is 1.95 bits per heavy atom. The molecule has 0 aromatic heterocycles. The van der Waals surface area contributed by atoms with Crippen LogP contribution in [0.2, 0.25) is 0 Å². The number of amides is 2. The van der Waals surface area contributed by atoms with E-state index in [-0.39, 0.29) is 18.4 Å². The summed E-state index contributed by atoms with van der Waals surface area (Å²) in [6.45, 7) is -0.0290. The van der Waals surface area contributed by atoms with Crippen LogP contribution in [0.4, 0.5) is 11.4 Å². The van der Waals surface area contributed by atoms with Gasteiger partial charge in [0.15, 0.2) is 0 Å². The van der Waals surface area contributed by atoms with E-state index in [0.29, 0.717) is 23.4 Å². The number of hydrogen-bond donors (Lipinski definition) is 3. The highest BCUT2D eigenvalue weighted by Crippen LogP contribution is 2.24. The lowest BCUT2D eigenvalue weighted by Crippen LogP contribution is -2.12. The predicted molar refractivity (Wildman–Crippen MR) is 79.1 cm³/mol. The average molecular weight is 282 g/mol. The van der Waals surface area contributed by atoms with Gasteiger partial charge in [-0.3, -0.25) is 9.59 Å². The van der Waals surface area contributed by atoms with Crippen molar-refractivity contribution in [2.75, 3.05) is 10.6 Å². The van der Waals surface area contributed by atoms with E-state index in [9.17, 15) is 9.59 Å². The summed E-state index contributed by atoms with van der Waals surface area (Å²) in [6, 6.07) is 12.1. The van der Waals surface area contributed by atoms with Crippen molar-refractivity contribution in [1.82, 2.24) is 0 Å². The first-order valence-electron chi connectivity index (χ1n) is 6.59. The van der Waals surface area contributed by atoms with Crippen molar-refractivity contribution >= 4 is 23.2 Å². The molecule has 0 spiro atoms. The fourth-order valence-corrected chi connectivity index (χ4v) is 2.25. The summed E-state index contributed by atoms with van der Waals surface area (Å²) in [7, 11) is 0. The van der Waals surface area contributed by atoms with E-state index in [0.717, 1.165) is 11.1 Å². The molecule has 0 radical (unpaired) electrons. The smallest absolute Gasteiger partial charge is 0.255 e. The van der Waals surface area contributed by atoms with Crippen LogP contribution < -0.4 is 10.6 Å². The van der Waals surface area contributed by atoms with E-state index < -0.39 is 0 Å². The van der Waals surface area contributed by atoms with Gasteiger partial charge in [0, 0.05) is 16.9 Å². The Labute approximate surface area is 121 Å². The van der Waals surface area contributed by atoms with E-state index >= 15 is 0 Å². The molecule has 1 aliphatic heterocycles. The highest BCUT2D eigenvalue weighted by Gasteiger charge is 2.19. The maximum atomic E-state index is 12.2. The van der Waals surface area contributed by atoms with Crippen LogP contribution in [0.5, 0.6) is 0 Å². The number of rotatable bonds is 3. The molecule has 106 valence electrons. The van der Waals surface area contributed by atoms with Crippen molar-refractivity contribution in [3.63, 3.8) is 0 Å². The van der Waals surface area contributed by atoms with E-state index in [4.69, 9.17) is 5.11 Å². The minimum absolute atomic E-state index is 0.0290. The lowest BCUT2D eigenvalue weighted by molar-refractivity contribution is -0.115. The largest absolute Gasteiger partial charge is 0.392 e. The molecule has 1 heterocycles. The summed E-state index contributed by atoms with van der Waals surface area (Å²) in [5.74, 6) is -0.294. The minimum Gasteiger partial charge on any atom is -0.392 e. The number of carbonyl (C=O) groups is 2. The highest BCUT2D eigenvalue weighted by molar-refractivity contribution is 6.07. The van der Waals surface area contributed by atoms with Gasteiger partial charge in [0.1, 0.15) is 0 Å². The van der Waals surface area contributed by atoms with Crippen molar-refractivity contribution in [3.8, 4) is 0 Å². The molecule has 0 fully saturated rings. The second-order valence-corrected chi connectivity index (χ2v) is 4.91. The van der Waals surface area contributed by atoms with Crippen molar-refractivity contribution in [3.05, 3.63) is 59.2 Å². The summed E-state index contributed by atoms with van der Waals surface area (Å²) < 4.78 is 0. The standard InChI is InChI=1S/C16H14N2O3/c19-9-10-1-5-13(6-2-10)17-16(21)12-4-3-11-8-15(20)18-14(11)7-12/h1-7,19H,8-9H2,(H,17,21)(H,18,20). The number of aliphatic hydroxyl groups excluding tert-OH is 1. The second kappa shape index (κ2) is 5.38. The summed E-state index contributed by atoms with van der Waals surface area (Å²) >= 11 is 0. The van der Waals surface area contributed by atoms with Crippen molar-refractivity contribution in [2.45, 2.75) is 13.0 Å². The van der Waals surface area contributed by atoms with Gasteiger partial charge in [0.2, 0.25) is 5.91 Å². The zero-order valence-corrected chi connectivity index (χ0v) is 11.2. The van der Waals surface area contributed by atoms with E-state index in [1.54, 1.807) is 42.5 Å². The molecule has 3 N–H and O–H groups in total. The van der Waals surface area contributed by atoms with Crippen LogP contribution in [-0.4, -0.2) is 16.9 Å². The summed E-state index contributed by atoms with van der Waals surface area (Å²) in [5, 5.41) is 14.5. The highest BCUT2D eigenvalue weighted by atomic mass is 16.3. The van der Waals surface area contributed by atoms with Gasteiger partial charge >= 0.3 is 0 Å². The number of benzene rings is 2. The van der Waals surface area contributed by atoms with Crippen molar-refractivity contribution in [2.24, 2.45) is 0 Å². The topological polar surface area (TPSA) is 78.4 Å². The van der Waals surface area contributed by atoms with E-state index in [2.05, 4.69) is 10.6 Å². The Bertz CT molecular complexity index is 708. The first-order chi connectivity index (χ1) is 10.2. The molecule has 5 nitrogen and oxygen atoms in total. The zero-order valence-electron chi connectivity index (χ0n) is 11.2. The van der Waals surface area contributed by atoms with Gasteiger partial charge < -0.3 is 15.7 Å². The molecule has 2 amide bonds. The SMILES string of the molecule is O=C1Cc2ccc(C(=O)Nc3ccc(CO)cc3)cc2N1. The van der Waals surface area contributed by atoms with Gasteiger partial charge in [-0.05, 0) is 35.4 Å². The van der Waals surface area contributed by atoms with Gasteiger partial charge in [0.05, 0.1) is 13.0 Å². The number of fused-ring (bicyclic) bond motifs is 1. The van der Waals surface area contributed by atoms with Crippen LogP contribution >= 0.6 is 0 Å². The van der Waals surface area contributed by atoms with Crippen molar-refractivity contribution < 1.29 is 14.7 Å². The molecule has 5 heteroatoms. The Kier molecular flexibility index (Phi) is 3.41. The molecule has 2 aromatic rings. The normalized spacial score (nSPS) is 12.7. The second-order valence-electron chi connectivity index (χ2n) is 4.91. The molecule has 0 saturated carbocycles. The summed E-state index contributed by atoms with van der Waals surface area (Å²) in [6.07, 6.45) is 0.361. The monoisotopic (exact) mass is 282 g/mol. The van der Waals surface area contributed by atoms with Crippen LogP contribution in [0.15, 0.2) is 42.5 Å². The van der Waals surface area contributed by atoms with E-state index in [1.807, 2.05) is 0 Å². The molecule has 0 unspecified atom stereocenters. The first kappa shape index (κ1) is 13.3. The average Bonchev–Trinajstić information content (AvgIpc) is 2.87. The van der Waals surface area contributed by atoms with Gasteiger partial charge in [-0.15, -0.1) is 0 Å². The Hall–Kier alpha value is -2.66. The van der Waals surface area contributed by atoms with Crippen molar-refractivity contribution in [1.29, 1.82) is 0 Å². The number of hydrogen-bond acceptors (Lipinski definition) is 3. The summed E-state index contributed by atoms with van der Waals surface area (Å²) in [5.41, 5.74) is 3.53. The Morgan fingerprint density at radius 3 is 2.67 bits per heavy atom. The molecule has 1 aliphatic rings. The quantitative estimate of drug-likeness (QED) is 0.805. The molecular weight excluding hydrogens is 268 g/mol. The Balaban J connectivity index is 1.76. The molecule has 0 aliphatic carbocycles. The molecule has 0 saturated heterocycles. The lowest BCUT2D eigenvalue weighted by atomic mass is 10.1. The third-order valence-electron chi connectivity index (χ3n) is 3.39. The van der Waals surface area contributed by atoms with Crippen LogP contribution in [0.3, 0.4) is 0 Å². The Morgan fingerprint density at radius 1 is 1.19 bits per heavy atom. The molecule has 3 rings (SSSR count).